The maximum atomic E-state index is 12.3. The Hall–Kier alpha value is -2.40. The number of carbonyl (C=O) groups is 1. The number of thiazole rings is 1. The van der Waals surface area contributed by atoms with Gasteiger partial charge in [0.2, 0.25) is 0 Å². The van der Waals surface area contributed by atoms with Crippen LogP contribution in [0.1, 0.15) is 33.0 Å². The lowest BCUT2D eigenvalue weighted by Crippen LogP contribution is -2.11. The number of benzene rings is 1. The summed E-state index contributed by atoms with van der Waals surface area (Å²) < 4.78 is 5.39. The van der Waals surface area contributed by atoms with Crippen molar-refractivity contribution in [3.8, 4) is 11.3 Å². The Balaban J connectivity index is 1.80. The van der Waals surface area contributed by atoms with E-state index in [1.54, 1.807) is 13.0 Å². The Kier molecular flexibility index (Phi) is 4.05. The second-order valence-corrected chi connectivity index (χ2v) is 6.48. The number of rotatable bonds is 3. The fraction of sp³-hybridized carbons (Fsp3) is 0.222. The van der Waals surface area contributed by atoms with E-state index in [1.807, 2.05) is 18.4 Å². The van der Waals surface area contributed by atoms with E-state index >= 15 is 0 Å². The van der Waals surface area contributed by atoms with Crippen molar-refractivity contribution in [1.29, 1.82) is 0 Å². The Bertz CT molecular complexity index is 877. The third-order valence-corrected chi connectivity index (χ3v) is 4.57. The monoisotopic (exact) mass is 326 g/mol. The van der Waals surface area contributed by atoms with Gasteiger partial charge in [-0.2, -0.15) is 0 Å². The minimum absolute atomic E-state index is 0.194. The second-order valence-electron chi connectivity index (χ2n) is 5.62. The van der Waals surface area contributed by atoms with E-state index in [4.69, 9.17) is 4.42 Å². The smallest absolute Gasteiger partial charge is 0.260 e. The van der Waals surface area contributed by atoms with E-state index in [1.165, 1.54) is 22.5 Å². The zero-order valence-electron chi connectivity index (χ0n) is 13.6. The summed E-state index contributed by atoms with van der Waals surface area (Å²) in [6.45, 7) is 7.77. The molecule has 0 atom stereocenters. The van der Waals surface area contributed by atoms with Crippen molar-refractivity contribution >= 4 is 22.4 Å². The molecule has 5 heteroatoms. The first-order valence-electron chi connectivity index (χ1n) is 7.35. The summed E-state index contributed by atoms with van der Waals surface area (Å²) >= 11 is 1.42. The van der Waals surface area contributed by atoms with E-state index in [9.17, 15) is 4.79 Å². The number of nitrogens with zero attached hydrogens (tertiary/aromatic N) is 1. The molecule has 0 aliphatic heterocycles. The highest BCUT2D eigenvalue weighted by Gasteiger charge is 2.15. The van der Waals surface area contributed by atoms with Crippen molar-refractivity contribution in [1.82, 2.24) is 4.98 Å². The number of aryl methyl sites for hydroxylation is 4. The third kappa shape index (κ3) is 3.19. The van der Waals surface area contributed by atoms with Gasteiger partial charge in [-0.15, -0.1) is 11.3 Å². The number of hydrogen-bond donors (Lipinski definition) is 1. The van der Waals surface area contributed by atoms with Gasteiger partial charge in [0.25, 0.3) is 5.91 Å². The molecule has 0 fully saturated rings. The molecule has 3 aromatic rings. The molecule has 0 aliphatic rings. The fourth-order valence-electron chi connectivity index (χ4n) is 2.39. The lowest BCUT2D eigenvalue weighted by molar-refractivity contribution is 0.102. The number of nitrogens with one attached hydrogen (secondary N) is 1. The predicted molar refractivity (Wildman–Crippen MR) is 93.2 cm³/mol. The molecule has 4 nitrogen and oxygen atoms in total. The summed E-state index contributed by atoms with van der Waals surface area (Å²) in [5, 5.41) is 5.37. The number of aromatic nitrogens is 1. The molecule has 0 aliphatic carbocycles. The molecule has 0 saturated heterocycles. The van der Waals surface area contributed by atoms with Crippen LogP contribution in [-0.4, -0.2) is 10.9 Å². The quantitative estimate of drug-likeness (QED) is 0.745. The van der Waals surface area contributed by atoms with Crippen molar-refractivity contribution in [2.45, 2.75) is 27.7 Å². The summed E-state index contributed by atoms with van der Waals surface area (Å²) in [7, 11) is 0. The van der Waals surface area contributed by atoms with Gasteiger partial charge in [0, 0.05) is 10.9 Å². The molecule has 23 heavy (non-hydrogen) atoms. The van der Waals surface area contributed by atoms with Gasteiger partial charge >= 0.3 is 0 Å². The summed E-state index contributed by atoms with van der Waals surface area (Å²) in [6.07, 6.45) is 0. The van der Waals surface area contributed by atoms with Gasteiger partial charge in [0.05, 0.1) is 11.3 Å². The fourth-order valence-corrected chi connectivity index (χ4v) is 3.10. The second kappa shape index (κ2) is 6.01. The first-order chi connectivity index (χ1) is 10.9. The summed E-state index contributed by atoms with van der Waals surface area (Å²) in [4.78, 5) is 16.8. The largest absolute Gasteiger partial charge is 0.466 e. The third-order valence-electron chi connectivity index (χ3n) is 3.81. The zero-order chi connectivity index (χ0) is 16.6. The maximum absolute atomic E-state index is 12.3. The van der Waals surface area contributed by atoms with Crippen LogP contribution in [0.15, 0.2) is 34.1 Å². The molecular weight excluding hydrogens is 308 g/mol. The number of hydrogen-bond acceptors (Lipinski definition) is 4. The van der Waals surface area contributed by atoms with Crippen molar-refractivity contribution in [2.24, 2.45) is 0 Å². The Morgan fingerprint density at radius 1 is 1.13 bits per heavy atom. The number of furan rings is 1. The number of anilines is 1. The SMILES string of the molecule is Cc1cc(C(=O)Nc2nc(-c3ccc(C)c(C)c3)cs2)c(C)o1. The van der Waals surface area contributed by atoms with Crippen LogP contribution in [0, 0.1) is 27.7 Å². The average Bonchev–Trinajstić information content (AvgIpc) is 3.08. The predicted octanol–water partition coefficient (Wildman–Crippen LogP) is 4.89. The molecule has 1 aromatic carbocycles. The molecule has 1 N–H and O–H groups in total. The Morgan fingerprint density at radius 3 is 2.57 bits per heavy atom. The Morgan fingerprint density at radius 2 is 1.91 bits per heavy atom. The summed E-state index contributed by atoms with van der Waals surface area (Å²) in [6, 6.07) is 7.98. The van der Waals surface area contributed by atoms with Crippen molar-refractivity contribution < 1.29 is 9.21 Å². The van der Waals surface area contributed by atoms with Crippen LogP contribution in [0.4, 0.5) is 5.13 Å². The molecule has 3 rings (SSSR count). The van der Waals surface area contributed by atoms with E-state index < -0.39 is 0 Å². The van der Waals surface area contributed by atoms with Gasteiger partial charge in [-0.05, 0) is 51.0 Å². The zero-order valence-corrected chi connectivity index (χ0v) is 14.4. The maximum Gasteiger partial charge on any atom is 0.260 e. The van der Waals surface area contributed by atoms with Gasteiger partial charge < -0.3 is 4.42 Å². The number of carbonyl (C=O) groups excluding carboxylic acids is 1. The molecule has 2 heterocycles. The molecule has 0 spiro atoms. The first-order valence-corrected chi connectivity index (χ1v) is 8.23. The highest BCUT2D eigenvalue weighted by atomic mass is 32.1. The van der Waals surface area contributed by atoms with Gasteiger partial charge in [0.15, 0.2) is 5.13 Å². The van der Waals surface area contributed by atoms with Crippen molar-refractivity contribution in [3.05, 3.63) is 57.9 Å². The molecule has 0 bridgehead atoms. The highest BCUT2D eigenvalue weighted by molar-refractivity contribution is 7.14. The topological polar surface area (TPSA) is 55.1 Å². The van der Waals surface area contributed by atoms with E-state index in [-0.39, 0.29) is 5.91 Å². The Labute approximate surface area is 139 Å². The standard InChI is InChI=1S/C18H18N2O2S/c1-10-5-6-14(7-11(10)2)16-9-23-18(19-16)20-17(21)15-8-12(3)22-13(15)4/h5-9H,1-4H3,(H,19,20,21). The van der Waals surface area contributed by atoms with Crippen LogP contribution in [0.3, 0.4) is 0 Å². The molecule has 0 saturated carbocycles. The van der Waals surface area contributed by atoms with E-state index in [0.717, 1.165) is 17.0 Å². The molecular formula is C18H18N2O2S. The highest BCUT2D eigenvalue weighted by Crippen LogP contribution is 2.27. The van der Waals surface area contributed by atoms with Crippen LogP contribution in [0.25, 0.3) is 11.3 Å². The molecule has 0 unspecified atom stereocenters. The van der Waals surface area contributed by atoms with E-state index in [0.29, 0.717) is 16.5 Å². The first kappa shape index (κ1) is 15.5. The van der Waals surface area contributed by atoms with Crippen LogP contribution >= 0.6 is 11.3 Å². The molecule has 118 valence electrons. The van der Waals surface area contributed by atoms with Gasteiger partial charge in [-0.25, -0.2) is 4.98 Å². The van der Waals surface area contributed by atoms with Crippen LogP contribution in [-0.2, 0) is 0 Å². The van der Waals surface area contributed by atoms with E-state index in [2.05, 4.69) is 36.3 Å². The lowest BCUT2D eigenvalue weighted by Gasteiger charge is -2.02. The summed E-state index contributed by atoms with van der Waals surface area (Å²) in [5.74, 6) is 1.15. The van der Waals surface area contributed by atoms with Gasteiger partial charge in [-0.1, -0.05) is 12.1 Å². The normalized spacial score (nSPS) is 10.8. The lowest BCUT2D eigenvalue weighted by atomic mass is 10.1. The molecule has 2 aromatic heterocycles. The van der Waals surface area contributed by atoms with Gasteiger partial charge in [0.1, 0.15) is 11.5 Å². The average molecular weight is 326 g/mol. The van der Waals surface area contributed by atoms with Crippen LogP contribution < -0.4 is 5.32 Å². The van der Waals surface area contributed by atoms with Crippen molar-refractivity contribution in [3.63, 3.8) is 0 Å². The molecule has 1 amide bonds. The minimum Gasteiger partial charge on any atom is -0.466 e. The van der Waals surface area contributed by atoms with Crippen molar-refractivity contribution in [2.75, 3.05) is 5.32 Å². The van der Waals surface area contributed by atoms with Crippen LogP contribution in [0.2, 0.25) is 0 Å². The molecule has 0 radical (unpaired) electrons. The number of amides is 1. The van der Waals surface area contributed by atoms with Crippen LogP contribution in [0.5, 0.6) is 0 Å². The minimum atomic E-state index is -0.194. The summed E-state index contributed by atoms with van der Waals surface area (Å²) in [5.41, 5.74) is 4.95. The van der Waals surface area contributed by atoms with Gasteiger partial charge in [-0.3, -0.25) is 10.1 Å².